The average Bonchev–Trinajstić information content (AvgIpc) is 2.85. The van der Waals surface area contributed by atoms with Crippen molar-refractivity contribution in [3.63, 3.8) is 0 Å². The molecule has 1 aromatic carbocycles. The van der Waals surface area contributed by atoms with Gasteiger partial charge in [0.1, 0.15) is 18.4 Å². The van der Waals surface area contributed by atoms with E-state index in [1.807, 2.05) is 5.38 Å². The van der Waals surface area contributed by atoms with Gasteiger partial charge in [0.05, 0.1) is 16.3 Å². The third kappa shape index (κ3) is 3.46. The van der Waals surface area contributed by atoms with Gasteiger partial charge < -0.3 is 4.74 Å². The highest BCUT2D eigenvalue weighted by Crippen LogP contribution is 2.25. The molecule has 2 rings (SSSR count). The van der Waals surface area contributed by atoms with E-state index < -0.39 is 0 Å². The predicted octanol–water partition coefficient (Wildman–Crippen LogP) is 4.37. The first-order valence-corrected chi connectivity index (χ1v) is 7.12. The summed E-state index contributed by atoms with van der Waals surface area (Å²) in [7, 11) is 0. The van der Waals surface area contributed by atoms with Gasteiger partial charge in [0.15, 0.2) is 0 Å². The van der Waals surface area contributed by atoms with Gasteiger partial charge in [-0.2, -0.15) is 5.26 Å². The number of hydrogen-bond donors (Lipinski definition) is 0. The van der Waals surface area contributed by atoms with Gasteiger partial charge in [-0.3, -0.25) is 0 Å². The van der Waals surface area contributed by atoms with E-state index in [-0.39, 0.29) is 0 Å². The van der Waals surface area contributed by atoms with Gasteiger partial charge in [-0.1, -0.05) is 25.4 Å². The fourth-order valence-corrected chi connectivity index (χ4v) is 2.50. The zero-order valence-corrected chi connectivity index (χ0v) is 12.3. The Morgan fingerprint density at radius 1 is 1.47 bits per heavy atom. The van der Waals surface area contributed by atoms with E-state index in [1.165, 1.54) is 0 Å². The van der Waals surface area contributed by atoms with E-state index in [4.69, 9.17) is 21.6 Å². The van der Waals surface area contributed by atoms with Crippen LogP contribution < -0.4 is 4.74 Å². The number of aromatic nitrogens is 1. The zero-order valence-electron chi connectivity index (χ0n) is 10.7. The van der Waals surface area contributed by atoms with Crippen LogP contribution in [-0.4, -0.2) is 4.98 Å². The minimum absolute atomic E-state index is 0.345. The lowest BCUT2D eigenvalue weighted by atomic mass is 10.2. The molecule has 5 heteroatoms. The van der Waals surface area contributed by atoms with Gasteiger partial charge in [0.2, 0.25) is 0 Å². The molecule has 1 heterocycles. The summed E-state index contributed by atoms with van der Waals surface area (Å²) in [4.78, 5) is 4.48. The van der Waals surface area contributed by atoms with Crippen molar-refractivity contribution in [3.8, 4) is 11.8 Å². The summed E-state index contributed by atoms with van der Waals surface area (Å²) in [6.45, 7) is 4.56. The summed E-state index contributed by atoms with van der Waals surface area (Å²) in [5.41, 5.74) is 1.35. The average molecular weight is 293 g/mol. The number of halogens is 1. The molecule has 0 bridgehead atoms. The number of ether oxygens (including phenoxy) is 1. The van der Waals surface area contributed by atoms with Crippen LogP contribution in [0.1, 0.15) is 36.0 Å². The molecule has 19 heavy (non-hydrogen) atoms. The van der Waals surface area contributed by atoms with Crippen molar-refractivity contribution >= 4 is 22.9 Å². The lowest BCUT2D eigenvalue weighted by Gasteiger charge is -2.06. The molecule has 1 aromatic heterocycles. The summed E-state index contributed by atoms with van der Waals surface area (Å²) in [6.07, 6.45) is 0. The smallest absolute Gasteiger partial charge is 0.139 e. The minimum atomic E-state index is 0.345. The maximum atomic E-state index is 9.00. The van der Waals surface area contributed by atoms with Crippen molar-refractivity contribution in [2.75, 3.05) is 0 Å². The number of benzene rings is 1. The Balaban J connectivity index is 2.10. The van der Waals surface area contributed by atoms with Gasteiger partial charge >= 0.3 is 0 Å². The normalized spacial score (nSPS) is 10.5. The lowest BCUT2D eigenvalue weighted by molar-refractivity contribution is 0.301. The van der Waals surface area contributed by atoms with E-state index in [2.05, 4.69) is 24.9 Å². The summed E-state index contributed by atoms with van der Waals surface area (Å²) in [6, 6.07) is 7.05. The van der Waals surface area contributed by atoms with Gasteiger partial charge in [0, 0.05) is 22.4 Å². The zero-order chi connectivity index (χ0) is 13.8. The number of nitrogens with zero attached hydrogens (tertiary/aromatic N) is 2. The maximum Gasteiger partial charge on any atom is 0.139 e. The first-order valence-electron chi connectivity index (χ1n) is 5.87. The molecule has 0 N–H and O–H groups in total. The molecule has 0 amide bonds. The molecule has 0 fully saturated rings. The molecule has 0 aliphatic heterocycles. The van der Waals surface area contributed by atoms with Crippen LogP contribution in [0.3, 0.4) is 0 Å². The van der Waals surface area contributed by atoms with Crippen molar-refractivity contribution in [1.82, 2.24) is 4.98 Å². The minimum Gasteiger partial charge on any atom is -0.486 e. The highest BCUT2D eigenvalue weighted by atomic mass is 35.5. The van der Waals surface area contributed by atoms with Gasteiger partial charge in [-0.15, -0.1) is 11.3 Å². The quantitative estimate of drug-likeness (QED) is 0.840. The van der Waals surface area contributed by atoms with E-state index in [0.717, 1.165) is 10.7 Å². The van der Waals surface area contributed by atoms with E-state index in [0.29, 0.717) is 28.9 Å². The monoisotopic (exact) mass is 292 g/mol. The van der Waals surface area contributed by atoms with Crippen LogP contribution in [0, 0.1) is 11.3 Å². The second-order valence-corrected chi connectivity index (χ2v) is 5.70. The maximum absolute atomic E-state index is 9.00. The predicted molar refractivity (Wildman–Crippen MR) is 76.7 cm³/mol. The number of thiazole rings is 1. The molecular formula is C14H13ClN2OS. The Morgan fingerprint density at radius 2 is 2.26 bits per heavy atom. The van der Waals surface area contributed by atoms with Crippen LogP contribution in [0.2, 0.25) is 5.02 Å². The largest absolute Gasteiger partial charge is 0.486 e. The molecule has 0 aliphatic rings. The first kappa shape index (κ1) is 13.9. The summed E-state index contributed by atoms with van der Waals surface area (Å²) < 4.78 is 5.63. The topological polar surface area (TPSA) is 45.9 Å². The molecule has 3 nitrogen and oxygen atoms in total. The molecule has 98 valence electrons. The van der Waals surface area contributed by atoms with Crippen LogP contribution in [0.25, 0.3) is 0 Å². The van der Waals surface area contributed by atoms with Crippen LogP contribution in [0.5, 0.6) is 5.75 Å². The number of nitriles is 1. The van der Waals surface area contributed by atoms with Gasteiger partial charge in [-0.05, 0) is 12.1 Å². The molecule has 0 saturated carbocycles. The highest BCUT2D eigenvalue weighted by molar-refractivity contribution is 7.09. The van der Waals surface area contributed by atoms with Gasteiger partial charge in [0.25, 0.3) is 0 Å². The van der Waals surface area contributed by atoms with Crippen LogP contribution in [0.15, 0.2) is 23.6 Å². The summed E-state index contributed by atoms with van der Waals surface area (Å²) >= 11 is 7.52. The molecular weight excluding hydrogens is 280 g/mol. The SMILES string of the molecule is CC(C)c1nc(COc2cc(Cl)ccc2C#N)cs1. The Kier molecular flexibility index (Phi) is 4.41. The molecule has 0 saturated heterocycles. The van der Waals surface area contributed by atoms with Crippen molar-refractivity contribution < 1.29 is 4.74 Å². The summed E-state index contributed by atoms with van der Waals surface area (Å²) in [5, 5.41) is 12.6. The standard InChI is InChI=1S/C14H13ClN2OS/c1-9(2)14-17-12(8-19-14)7-18-13-5-11(15)4-3-10(13)6-16/h3-5,8-9H,7H2,1-2H3. The van der Waals surface area contributed by atoms with Crippen molar-refractivity contribution in [3.05, 3.63) is 44.9 Å². The van der Waals surface area contributed by atoms with Crippen LogP contribution in [-0.2, 0) is 6.61 Å². The van der Waals surface area contributed by atoms with E-state index >= 15 is 0 Å². The van der Waals surface area contributed by atoms with Crippen molar-refractivity contribution in [2.45, 2.75) is 26.4 Å². The van der Waals surface area contributed by atoms with Crippen LogP contribution >= 0.6 is 22.9 Å². The molecule has 0 atom stereocenters. The lowest BCUT2D eigenvalue weighted by Crippen LogP contribution is -1.98. The Hall–Kier alpha value is -1.57. The number of rotatable bonds is 4. The Labute approximate surface area is 121 Å². The molecule has 0 radical (unpaired) electrons. The molecule has 0 aliphatic carbocycles. The molecule has 2 aromatic rings. The second-order valence-electron chi connectivity index (χ2n) is 4.37. The summed E-state index contributed by atoms with van der Waals surface area (Å²) in [5.74, 6) is 0.911. The van der Waals surface area contributed by atoms with Crippen molar-refractivity contribution in [1.29, 1.82) is 5.26 Å². The van der Waals surface area contributed by atoms with Crippen molar-refractivity contribution in [2.24, 2.45) is 0 Å². The molecule has 0 spiro atoms. The second kappa shape index (κ2) is 6.05. The number of hydrogen-bond acceptors (Lipinski definition) is 4. The third-order valence-electron chi connectivity index (χ3n) is 2.50. The van der Waals surface area contributed by atoms with Crippen LogP contribution in [0.4, 0.5) is 0 Å². The Bertz CT molecular complexity index is 616. The van der Waals surface area contributed by atoms with Gasteiger partial charge in [-0.25, -0.2) is 4.98 Å². The van der Waals surface area contributed by atoms with E-state index in [1.54, 1.807) is 29.5 Å². The Morgan fingerprint density at radius 3 is 2.89 bits per heavy atom. The fraction of sp³-hybridized carbons (Fsp3) is 0.286. The third-order valence-corrected chi connectivity index (χ3v) is 3.93. The molecule has 0 unspecified atom stereocenters. The highest BCUT2D eigenvalue weighted by Gasteiger charge is 2.08. The fourth-order valence-electron chi connectivity index (χ4n) is 1.51. The first-order chi connectivity index (χ1) is 9.10. The van der Waals surface area contributed by atoms with E-state index in [9.17, 15) is 0 Å².